The van der Waals surface area contributed by atoms with Gasteiger partial charge in [0.1, 0.15) is 0 Å². The molecule has 1 aliphatic rings. The van der Waals surface area contributed by atoms with Crippen molar-refractivity contribution in [3.05, 3.63) is 0 Å². The van der Waals surface area contributed by atoms with E-state index in [2.05, 4.69) is 5.32 Å². The second-order valence-corrected chi connectivity index (χ2v) is 5.07. The molecule has 0 aliphatic heterocycles. The SMILES string of the molecule is CCCCC(=O)OCC(=O)NCC1CCCCC1. The molecule has 1 N–H and O–H groups in total. The summed E-state index contributed by atoms with van der Waals surface area (Å²) < 4.78 is 4.89. The van der Waals surface area contributed by atoms with E-state index in [1.54, 1.807) is 0 Å². The van der Waals surface area contributed by atoms with Crippen molar-refractivity contribution in [3.63, 3.8) is 0 Å². The van der Waals surface area contributed by atoms with Crippen molar-refractivity contribution < 1.29 is 14.3 Å². The zero-order valence-corrected chi connectivity index (χ0v) is 11.4. The van der Waals surface area contributed by atoms with E-state index in [9.17, 15) is 9.59 Å². The van der Waals surface area contributed by atoms with Gasteiger partial charge < -0.3 is 10.1 Å². The molecule has 4 nitrogen and oxygen atoms in total. The summed E-state index contributed by atoms with van der Waals surface area (Å²) >= 11 is 0. The molecule has 0 spiro atoms. The lowest BCUT2D eigenvalue weighted by Gasteiger charge is -2.21. The Morgan fingerprint density at radius 3 is 2.61 bits per heavy atom. The largest absolute Gasteiger partial charge is 0.456 e. The van der Waals surface area contributed by atoms with Crippen LogP contribution in [-0.2, 0) is 14.3 Å². The average molecular weight is 255 g/mol. The third-order valence-electron chi connectivity index (χ3n) is 3.41. The van der Waals surface area contributed by atoms with Gasteiger partial charge in [-0.3, -0.25) is 9.59 Å². The van der Waals surface area contributed by atoms with E-state index in [-0.39, 0.29) is 18.5 Å². The van der Waals surface area contributed by atoms with Crippen molar-refractivity contribution in [2.45, 2.75) is 58.3 Å². The van der Waals surface area contributed by atoms with Crippen molar-refractivity contribution in [2.75, 3.05) is 13.2 Å². The zero-order chi connectivity index (χ0) is 13.2. The van der Waals surface area contributed by atoms with Gasteiger partial charge in [0, 0.05) is 13.0 Å². The number of carbonyl (C=O) groups is 2. The Kier molecular flexibility index (Phi) is 7.46. The smallest absolute Gasteiger partial charge is 0.306 e. The summed E-state index contributed by atoms with van der Waals surface area (Å²) in [6, 6.07) is 0. The van der Waals surface area contributed by atoms with Crippen LogP contribution in [0.2, 0.25) is 0 Å². The first-order valence-electron chi connectivity index (χ1n) is 7.14. The lowest BCUT2D eigenvalue weighted by molar-refractivity contribution is -0.148. The normalized spacial score (nSPS) is 16.3. The number of amides is 1. The molecule has 104 valence electrons. The Labute approximate surface area is 109 Å². The quantitative estimate of drug-likeness (QED) is 0.711. The van der Waals surface area contributed by atoms with Crippen LogP contribution in [0.4, 0.5) is 0 Å². The van der Waals surface area contributed by atoms with Gasteiger partial charge >= 0.3 is 5.97 Å². The number of carbonyl (C=O) groups excluding carboxylic acids is 2. The summed E-state index contributed by atoms with van der Waals surface area (Å²) in [5.41, 5.74) is 0. The Balaban J connectivity index is 2.04. The number of hydrogen-bond acceptors (Lipinski definition) is 3. The predicted octanol–water partition coefficient (Wildman–Crippen LogP) is 2.42. The van der Waals surface area contributed by atoms with E-state index in [1.807, 2.05) is 6.92 Å². The first-order chi connectivity index (χ1) is 8.72. The van der Waals surface area contributed by atoms with Crippen LogP contribution in [-0.4, -0.2) is 25.0 Å². The van der Waals surface area contributed by atoms with E-state index in [1.165, 1.54) is 32.1 Å². The molecule has 1 saturated carbocycles. The third-order valence-corrected chi connectivity index (χ3v) is 3.41. The highest BCUT2D eigenvalue weighted by molar-refractivity contribution is 5.80. The molecule has 1 rings (SSSR count). The average Bonchev–Trinajstić information content (AvgIpc) is 2.41. The molecule has 0 saturated heterocycles. The summed E-state index contributed by atoms with van der Waals surface area (Å²) in [6.45, 7) is 2.62. The third kappa shape index (κ3) is 6.62. The van der Waals surface area contributed by atoms with Crippen LogP contribution in [0.5, 0.6) is 0 Å². The summed E-state index contributed by atoms with van der Waals surface area (Å²) in [6.07, 6.45) is 8.46. The monoisotopic (exact) mass is 255 g/mol. The highest BCUT2D eigenvalue weighted by atomic mass is 16.5. The second-order valence-electron chi connectivity index (χ2n) is 5.07. The number of hydrogen-bond donors (Lipinski definition) is 1. The van der Waals surface area contributed by atoms with E-state index >= 15 is 0 Å². The Morgan fingerprint density at radius 2 is 1.94 bits per heavy atom. The summed E-state index contributed by atoms with van der Waals surface area (Å²) in [5, 5.41) is 2.85. The van der Waals surface area contributed by atoms with Gasteiger partial charge in [-0.15, -0.1) is 0 Å². The van der Waals surface area contributed by atoms with E-state index < -0.39 is 0 Å². The van der Waals surface area contributed by atoms with Crippen LogP contribution < -0.4 is 5.32 Å². The molecule has 0 aromatic carbocycles. The van der Waals surface area contributed by atoms with Crippen LogP contribution in [0.3, 0.4) is 0 Å². The van der Waals surface area contributed by atoms with E-state index in [0.717, 1.165) is 19.4 Å². The van der Waals surface area contributed by atoms with Crippen LogP contribution in [0.1, 0.15) is 58.3 Å². The van der Waals surface area contributed by atoms with Crippen LogP contribution in [0.15, 0.2) is 0 Å². The Bertz CT molecular complexity index is 260. The number of ether oxygens (including phenoxy) is 1. The molecule has 18 heavy (non-hydrogen) atoms. The highest BCUT2D eigenvalue weighted by Gasteiger charge is 2.14. The molecule has 1 fully saturated rings. The molecule has 4 heteroatoms. The maximum atomic E-state index is 11.5. The number of rotatable bonds is 7. The summed E-state index contributed by atoms with van der Waals surface area (Å²) in [7, 11) is 0. The molecule has 0 heterocycles. The van der Waals surface area contributed by atoms with Gasteiger partial charge in [-0.05, 0) is 25.2 Å². The van der Waals surface area contributed by atoms with E-state index in [0.29, 0.717) is 12.3 Å². The van der Waals surface area contributed by atoms with Crippen LogP contribution in [0.25, 0.3) is 0 Å². The number of nitrogens with one attached hydrogen (secondary N) is 1. The number of esters is 1. The number of unbranched alkanes of at least 4 members (excludes halogenated alkanes) is 1. The topological polar surface area (TPSA) is 55.4 Å². The molecular formula is C14H25NO3. The molecule has 0 unspecified atom stereocenters. The predicted molar refractivity (Wildman–Crippen MR) is 70.1 cm³/mol. The van der Waals surface area contributed by atoms with E-state index in [4.69, 9.17) is 4.74 Å². The van der Waals surface area contributed by atoms with Crippen LogP contribution in [0, 0.1) is 5.92 Å². The fraction of sp³-hybridized carbons (Fsp3) is 0.857. The Hall–Kier alpha value is -1.06. The van der Waals surface area contributed by atoms with Crippen LogP contribution >= 0.6 is 0 Å². The highest BCUT2D eigenvalue weighted by Crippen LogP contribution is 2.22. The van der Waals surface area contributed by atoms with Crippen molar-refractivity contribution in [1.29, 1.82) is 0 Å². The molecule has 0 aromatic heterocycles. The minimum atomic E-state index is -0.273. The maximum Gasteiger partial charge on any atom is 0.306 e. The van der Waals surface area contributed by atoms with Gasteiger partial charge in [-0.1, -0.05) is 32.6 Å². The van der Waals surface area contributed by atoms with Crippen molar-refractivity contribution >= 4 is 11.9 Å². The summed E-state index contributed by atoms with van der Waals surface area (Å²) in [5.74, 6) is 0.161. The van der Waals surface area contributed by atoms with Gasteiger partial charge in [-0.2, -0.15) is 0 Å². The standard InChI is InChI=1S/C14H25NO3/c1-2-3-9-14(17)18-11-13(16)15-10-12-7-5-4-6-8-12/h12H,2-11H2,1H3,(H,15,16). The second kappa shape index (κ2) is 8.95. The zero-order valence-electron chi connectivity index (χ0n) is 11.4. The van der Waals surface area contributed by atoms with Crippen molar-refractivity contribution in [3.8, 4) is 0 Å². The van der Waals surface area contributed by atoms with Crippen molar-refractivity contribution in [2.24, 2.45) is 5.92 Å². The fourth-order valence-corrected chi connectivity index (χ4v) is 2.24. The molecule has 0 radical (unpaired) electrons. The minimum Gasteiger partial charge on any atom is -0.456 e. The van der Waals surface area contributed by atoms with Crippen molar-refractivity contribution in [1.82, 2.24) is 5.32 Å². The van der Waals surface area contributed by atoms with Gasteiger partial charge in [0.25, 0.3) is 5.91 Å². The lowest BCUT2D eigenvalue weighted by atomic mass is 9.89. The molecule has 1 aliphatic carbocycles. The molecule has 0 aromatic rings. The van der Waals surface area contributed by atoms with Gasteiger partial charge in [0.2, 0.25) is 0 Å². The molecule has 0 atom stereocenters. The first kappa shape index (κ1) is 15.0. The minimum absolute atomic E-state index is 0.130. The van der Waals surface area contributed by atoms with Gasteiger partial charge in [0.05, 0.1) is 0 Å². The summed E-state index contributed by atoms with van der Waals surface area (Å²) in [4.78, 5) is 22.7. The fourth-order valence-electron chi connectivity index (χ4n) is 2.24. The Morgan fingerprint density at radius 1 is 1.22 bits per heavy atom. The molecule has 1 amide bonds. The first-order valence-corrected chi connectivity index (χ1v) is 7.14. The van der Waals surface area contributed by atoms with Gasteiger partial charge in [0.15, 0.2) is 6.61 Å². The lowest BCUT2D eigenvalue weighted by Crippen LogP contribution is -2.33. The molecule has 0 bridgehead atoms. The van der Waals surface area contributed by atoms with Gasteiger partial charge in [-0.25, -0.2) is 0 Å². The molecular weight excluding hydrogens is 230 g/mol. The maximum absolute atomic E-state index is 11.5.